The van der Waals surface area contributed by atoms with E-state index in [4.69, 9.17) is 11.6 Å². The van der Waals surface area contributed by atoms with Crippen LogP contribution in [0.4, 0.5) is 22.7 Å². The quantitative estimate of drug-likeness (QED) is 0.238. The van der Waals surface area contributed by atoms with Crippen molar-refractivity contribution in [2.24, 2.45) is 5.10 Å². The smallest absolute Gasteiger partial charge is 0.293 e. The lowest BCUT2D eigenvalue weighted by atomic mass is 9.97. The van der Waals surface area contributed by atoms with Gasteiger partial charge in [0, 0.05) is 47.5 Å². The first-order valence-electron chi connectivity index (χ1n) is 13.5. The predicted molar refractivity (Wildman–Crippen MR) is 154 cm³/mol. The molecule has 38 heavy (non-hydrogen) atoms. The second kappa shape index (κ2) is 10.8. The first-order chi connectivity index (χ1) is 18.2. The third-order valence-corrected chi connectivity index (χ3v) is 8.20. The Hall–Kier alpha value is -3.39. The summed E-state index contributed by atoms with van der Waals surface area (Å²) in [7, 11) is 0. The highest BCUT2D eigenvalue weighted by Crippen LogP contribution is 2.41. The van der Waals surface area contributed by atoms with Gasteiger partial charge in [0.2, 0.25) is 0 Å². The molecule has 0 unspecified atom stereocenters. The number of nitro groups is 1. The van der Waals surface area contributed by atoms with Crippen molar-refractivity contribution < 1.29 is 9.72 Å². The summed E-state index contributed by atoms with van der Waals surface area (Å²) in [5.41, 5.74) is 3.91. The van der Waals surface area contributed by atoms with Gasteiger partial charge in [0.05, 0.1) is 21.9 Å². The summed E-state index contributed by atoms with van der Waals surface area (Å²) in [4.78, 5) is 30.1. The van der Waals surface area contributed by atoms with E-state index in [2.05, 4.69) is 28.7 Å². The van der Waals surface area contributed by atoms with Gasteiger partial charge in [-0.15, -0.1) is 0 Å². The molecule has 0 aromatic heterocycles. The number of hydrogen-bond acceptors (Lipinski definition) is 6. The van der Waals surface area contributed by atoms with Crippen LogP contribution in [0.5, 0.6) is 0 Å². The van der Waals surface area contributed by atoms with Gasteiger partial charge in [-0.25, -0.2) is 0 Å². The van der Waals surface area contributed by atoms with E-state index >= 15 is 0 Å². The van der Waals surface area contributed by atoms with E-state index in [9.17, 15) is 14.9 Å². The first-order valence-corrected chi connectivity index (χ1v) is 13.9. The van der Waals surface area contributed by atoms with Crippen molar-refractivity contribution in [2.45, 2.75) is 71.4 Å². The van der Waals surface area contributed by atoms with E-state index in [-0.39, 0.29) is 22.6 Å². The zero-order chi connectivity index (χ0) is 27.0. The van der Waals surface area contributed by atoms with Gasteiger partial charge in [0.25, 0.3) is 11.6 Å². The molecule has 0 N–H and O–H groups in total. The lowest BCUT2D eigenvalue weighted by Gasteiger charge is -2.39. The Balaban J connectivity index is 1.63. The molecule has 0 saturated carbocycles. The zero-order valence-corrected chi connectivity index (χ0v) is 22.9. The van der Waals surface area contributed by atoms with E-state index in [0.29, 0.717) is 39.3 Å². The van der Waals surface area contributed by atoms with Crippen LogP contribution < -0.4 is 14.8 Å². The van der Waals surface area contributed by atoms with Gasteiger partial charge in [-0.3, -0.25) is 14.9 Å². The average molecular weight is 536 g/mol. The third-order valence-electron chi connectivity index (χ3n) is 7.96. The molecule has 0 spiro atoms. The van der Waals surface area contributed by atoms with Gasteiger partial charge < -0.3 is 9.80 Å². The van der Waals surface area contributed by atoms with Gasteiger partial charge in [0.15, 0.2) is 0 Å². The average Bonchev–Trinajstić information content (AvgIpc) is 3.17. The molecule has 9 heteroatoms. The number of carbonyl (C=O) groups is 1. The van der Waals surface area contributed by atoms with Crippen molar-refractivity contribution in [3.8, 4) is 0 Å². The monoisotopic (exact) mass is 535 g/mol. The highest BCUT2D eigenvalue weighted by Gasteiger charge is 2.33. The third kappa shape index (κ3) is 5.01. The summed E-state index contributed by atoms with van der Waals surface area (Å²) >= 11 is 6.16. The van der Waals surface area contributed by atoms with Gasteiger partial charge in [0.1, 0.15) is 5.69 Å². The maximum atomic E-state index is 13.5. The summed E-state index contributed by atoms with van der Waals surface area (Å²) < 4.78 is 0. The molecule has 2 aromatic carbocycles. The molecule has 2 fully saturated rings. The number of hydrogen-bond donors (Lipinski definition) is 0. The van der Waals surface area contributed by atoms with Crippen molar-refractivity contribution in [2.75, 3.05) is 27.9 Å². The highest BCUT2D eigenvalue weighted by molar-refractivity contribution is 6.33. The van der Waals surface area contributed by atoms with Crippen LogP contribution in [0.3, 0.4) is 0 Å². The maximum Gasteiger partial charge on any atom is 0.293 e. The first kappa shape index (κ1) is 26.2. The van der Waals surface area contributed by atoms with E-state index in [1.54, 1.807) is 43.3 Å². The fourth-order valence-corrected chi connectivity index (χ4v) is 6.04. The number of piperidine rings is 2. The van der Waals surface area contributed by atoms with Crippen molar-refractivity contribution in [1.82, 2.24) is 0 Å². The Morgan fingerprint density at radius 1 is 1.00 bits per heavy atom. The van der Waals surface area contributed by atoms with Crippen LogP contribution in [0.25, 0.3) is 6.08 Å². The number of hydrazone groups is 1. The van der Waals surface area contributed by atoms with Crippen molar-refractivity contribution in [3.05, 3.63) is 62.7 Å². The molecule has 2 aromatic rings. The largest absolute Gasteiger partial charge is 0.368 e. The lowest BCUT2D eigenvalue weighted by Crippen LogP contribution is -2.39. The lowest BCUT2D eigenvalue weighted by molar-refractivity contribution is -0.384. The van der Waals surface area contributed by atoms with Crippen LogP contribution in [0.1, 0.15) is 64.9 Å². The standard InChI is InChI=1S/C29H34ClN5O3/c1-19-9-4-6-13-32(19)26-18-27(33-14-7-5-10-20(33)2)28(35(37)38)16-22(26)15-25-21(3)31-34(29(25)36)24-12-8-11-23(30)17-24/h8,11-12,15-20H,4-7,9-10,13-14H2,1-3H3/b25-15+/t19-,20+/m1/s1. The summed E-state index contributed by atoms with van der Waals surface area (Å²) in [6, 6.07) is 11.2. The maximum absolute atomic E-state index is 13.5. The van der Waals surface area contributed by atoms with Gasteiger partial charge in [-0.05, 0) is 89.6 Å². The van der Waals surface area contributed by atoms with E-state index in [1.807, 2.05) is 6.07 Å². The number of anilines is 3. The zero-order valence-electron chi connectivity index (χ0n) is 22.2. The van der Waals surface area contributed by atoms with Crippen LogP contribution in [0, 0.1) is 10.1 Å². The second-order valence-electron chi connectivity index (χ2n) is 10.6. The minimum Gasteiger partial charge on any atom is -0.368 e. The molecule has 0 radical (unpaired) electrons. The van der Waals surface area contributed by atoms with Crippen LogP contribution in [0.2, 0.25) is 5.02 Å². The fraction of sp³-hybridized carbons (Fsp3) is 0.448. The predicted octanol–water partition coefficient (Wildman–Crippen LogP) is 6.81. The minimum absolute atomic E-state index is 0.0748. The molecule has 5 rings (SSSR count). The Kier molecular flexibility index (Phi) is 7.43. The number of benzene rings is 2. The van der Waals surface area contributed by atoms with Crippen LogP contribution >= 0.6 is 11.6 Å². The number of nitro benzene ring substituents is 1. The summed E-state index contributed by atoms with van der Waals surface area (Å²) in [6.07, 6.45) is 8.23. The molecule has 0 aliphatic carbocycles. The number of amides is 1. The molecular weight excluding hydrogens is 502 g/mol. The summed E-state index contributed by atoms with van der Waals surface area (Å²) in [6.45, 7) is 7.81. The molecule has 3 heterocycles. The van der Waals surface area contributed by atoms with Crippen LogP contribution in [-0.4, -0.2) is 41.7 Å². The number of nitrogens with zero attached hydrogens (tertiary/aromatic N) is 5. The Morgan fingerprint density at radius 2 is 1.66 bits per heavy atom. The highest BCUT2D eigenvalue weighted by atomic mass is 35.5. The number of rotatable bonds is 5. The normalized spacial score (nSPS) is 23.3. The van der Waals surface area contributed by atoms with Crippen LogP contribution in [-0.2, 0) is 4.79 Å². The topological polar surface area (TPSA) is 82.3 Å². The molecule has 1 amide bonds. The molecular formula is C29H34ClN5O3. The molecule has 2 saturated heterocycles. The molecule has 3 aliphatic heterocycles. The molecule has 0 bridgehead atoms. The number of halogens is 1. The summed E-state index contributed by atoms with van der Waals surface area (Å²) in [5, 5.41) is 18.7. The van der Waals surface area contributed by atoms with Crippen molar-refractivity contribution in [1.29, 1.82) is 0 Å². The SMILES string of the molecule is CC1=NN(c2cccc(Cl)c2)C(=O)/C1=C/c1cc([N+](=O)[O-])c(N2CCCC[C@@H]2C)cc1N1CCCC[C@H]1C. The van der Waals surface area contributed by atoms with E-state index in [1.165, 1.54) is 5.01 Å². The fourth-order valence-electron chi connectivity index (χ4n) is 5.86. The Bertz CT molecular complexity index is 1320. The van der Waals surface area contributed by atoms with Crippen molar-refractivity contribution >= 4 is 52.0 Å². The molecule has 3 aliphatic rings. The van der Waals surface area contributed by atoms with Gasteiger partial charge >= 0.3 is 0 Å². The Labute approximate surface area is 228 Å². The van der Waals surface area contributed by atoms with Crippen LogP contribution in [0.15, 0.2) is 47.1 Å². The van der Waals surface area contributed by atoms with Gasteiger partial charge in [-0.2, -0.15) is 10.1 Å². The molecule has 8 nitrogen and oxygen atoms in total. The van der Waals surface area contributed by atoms with E-state index < -0.39 is 0 Å². The van der Waals surface area contributed by atoms with E-state index in [0.717, 1.165) is 57.3 Å². The summed E-state index contributed by atoms with van der Waals surface area (Å²) in [5.74, 6) is -0.279. The Morgan fingerprint density at radius 3 is 2.26 bits per heavy atom. The molecule has 2 atom stereocenters. The van der Waals surface area contributed by atoms with Gasteiger partial charge in [-0.1, -0.05) is 17.7 Å². The second-order valence-corrected chi connectivity index (χ2v) is 11.0. The molecule has 200 valence electrons. The van der Waals surface area contributed by atoms with Crippen molar-refractivity contribution in [3.63, 3.8) is 0 Å². The minimum atomic E-state index is -0.294. The number of carbonyl (C=O) groups excluding carboxylic acids is 1.